The van der Waals surface area contributed by atoms with Gasteiger partial charge < -0.3 is 14.8 Å². The van der Waals surface area contributed by atoms with Gasteiger partial charge in [0.2, 0.25) is 5.91 Å². The number of fused-ring (bicyclic) bond motifs is 1. The number of carbonyl (C=O) groups excluding carboxylic acids is 2. The van der Waals surface area contributed by atoms with E-state index in [0.717, 1.165) is 29.4 Å². The van der Waals surface area contributed by atoms with E-state index in [-0.39, 0.29) is 37.0 Å². The molecule has 170 valence electrons. The molecule has 2 amide bonds. The van der Waals surface area contributed by atoms with Crippen molar-refractivity contribution in [3.63, 3.8) is 0 Å². The standard InChI is InChI=1S/C26H34N4O2/c1-6-19(4)30(20(5)7-2)25(31)17-29-23-14-9-8-13-22(23)28-24(29)16-27-26(32)21-12-10-11-18(3)15-21/h8-15,19-20H,6-7,16-17H2,1-5H3,(H,27,32). The van der Waals surface area contributed by atoms with Gasteiger partial charge in [-0.1, -0.05) is 43.7 Å². The van der Waals surface area contributed by atoms with Gasteiger partial charge in [0.1, 0.15) is 12.4 Å². The van der Waals surface area contributed by atoms with Gasteiger partial charge in [0.05, 0.1) is 17.6 Å². The molecule has 0 aliphatic heterocycles. The minimum Gasteiger partial charge on any atom is -0.345 e. The lowest BCUT2D eigenvalue weighted by Gasteiger charge is -2.34. The van der Waals surface area contributed by atoms with Crippen LogP contribution in [0.3, 0.4) is 0 Å². The number of nitrogens with zero attached hydrogens (tertiary/aromatic N) is 3. The number of aryl methyl sites for hydroxylation is 1. The second kappa shape index (κ2) is 10.4. The zero-order chi connectivity index (χ0) is 23.3. The van der Waals surface area contributed by atoms with Crippen LogP contribution >= 0.6 is 0 Å². The molecule has 1 N–H and O–H groups in total. The average Bonchev–Trinajstić information content (AvgIpc) is 3.14. The maximum absolute atomic E-state index is 13.4. The highest BCUT2D eigenvalue weighted by atomic mass is 16.2. The molecule has 0 radical (unpaired) electrons. The summed E-state index contributed by atoms with van der Waals surface area (Å²) in [4.78, 5) is 32.8. The molecule has 1 heterocycles. The lowest BCUT2D eigenvalue weighted by molar-refractivity contribution is -0.136. The summed E-state index contributed by atoms with van der Waals surface area (Å²) in [6, 6.07) is 15.6. The maximum Gasteiger partial charge on any atom is 0.251 e. The monoisotopic (exact) mass is 434 g/mol. The summed E-state index contributed by atoms with van der Waals surface area (Å²) in [5.74, 6) is 0.594. The SMILES string of the molecule is CCC(C)N(C(=O)Cn1c(CNC(=O)c2cccc(C)c2)nc2ccccc21)C(C)CC. The van der Waals surface area contributed by atoms with E-state index in [0.29, 0.717) is 11.4 Å². The van der Waals surface area contributed by atoms with Gasteiger partial charge in [0.15, 0.2) is 0 Å². The Kier molecular flexibility index (Phi) is 7.67. The molecule has 0 aliphatic rings. The third-order valence-corrected chi connectivity index (χ3v) is 6.13. The fraction of sp³-hybridized carbons (Fsp3) is 0.423. The summed E-state index contributed by atoms with van der Waals surface area (Å²) in [5, 5.41) is 2.97. The van der Waals surface area contributed by atoms with Gasteiger partial charge in [-0.05, 0) is 57.9 Å². The van der Waals surface area contributed by atoms with E-state index in [1.165, 1.54) is 0 Å². The average molecular weight is 435 g/mol. The summed E-state index contributed by atoms with van der Waals surface area (Å²) in [6.07, 6.45) is 1.81. The van der Waals surface area contributed by atoms with Crippen LogP contribution in [0.15, 0.2) is 48.5 Å². The first-order chi connectivity index (χ1) is 15.3. The molecule has 0 saturated heterocycles. The van der Waals surface area contributed by atoms with Crippen LogP contribution in [0.2, 0.25) is 0 Å². The quantitative estimate of drug-likeness (QED) is 0.531. The number of para-hydroxylation sites is 2. The fourth-order valence-corrected chi connectivity index (χ4v) is 4.02. The van der Waals surface area contributed by atoms with E-state index in [1.807, 2.05) is 58.9 Å². The van der Waals surface area contributed by atoms with E-state index in [1.54, 1.807) is 6.07 Å². The number of carbonyl (C=O) groups is 2. The van der Waals surface area contributed by atoms with Gasteiger partial charge in [0.25, 0.3) is 5.91 Å². The van der Waals surface area contributed by atoms with E-state index < -0.39 is 0 Å². The molecule has 2 aromatic carbocycles. The Hall–Kier alpha value is -3.15. The van der Waals surface area contributed by atoms with E-state index >= 15 is 0 Å². The second-order valence-electron chi connectivity index (χ2n) is 8.47. The van der Waals surface area contributed by atoms with E-state index in [9.17, 15) is 9.59 Å². The summed E-state index contributed by atoms with van der Waals surface area (Å²) in [5.41, 5.74) is 3.36. The van der Waals surface area contributed by atoms with Crippen LogP contribution in [0.25, 0.3) is 11.0 Å². The number of benzene rings is 2. The number of nitrogens with one attached hydrogen (secondary N) is 1. The lowest BCUT2D eigenvalue weighted by atomic mass is 10.1. The lowest BCUT2D eigenvalue weighted by Crippen LogP contribution is -2.46. The third-order valence-electron chi connectivity index (χ3n) is 6.13. The van der Waals surface area contributed by atoms with Gasteiger partial charge in [-0.15, -0.1) is 0 Å². The molecule has 3 aromatic rings. The van der Waals surface area contributed by atoms with Crippen molar-refractivity contribution < 1.29 is 9.59 Å². The highest BCUT2D eigenvalue weighted by molar-refractivity contribution is 5.94. The normalized spacial score (nSPS) is 13.0. The van der Waals surface area contributed by atoms with E-state index in [2.05, 4.69) is 33.0 Å². The number of imidazole rings is 1. The van der Waals surface area contributed by atoms with Gasteiger partial charge in [-0.2, -0.15) is 0 Å². The number of hydrogen-bond donors (Lipinski definition) is 1. The molecule has 2 unspecified atom stereocenters. The molecular formula is C26H34N4O2. The Morgan fingerprint density at radius 3 is 2.38 bits per heavy atom. The Morgan fingerprint density at radius 2 is 1.72 bits per heavy atom. The molecule has 32 heavy (non-hydrogen) atoms. The number of aromatic nitrogens is 2. The summed E-state index contributed by atoms with van der Waals surface area (Å²) in [6.45, 7) is 10.8. The molecule has 0 fully saturated rings. The molecule has 0 spiro atoms. The number of amides is 2. The fourth-order valence-electron chi connectivity index (χ4n) is 4.02. The first-order valence-corrected chi connectivity index (χ1v) is 11.5. The summed E-state index contributed by atoms with van der Waals surface area (Å²) in [7, 11) is 0. The first-order valence-electron chi connectivity index (χ1n) is 11.5. The smallest absolute Gasteiger partial charge is 0.251 e. The van der Waals surface area contributed by atoms with Gasteiger partial charge in [-0.25, -0.2) is 4.98 Å². The predicted octanol–water partition coefficient (Wildman–Crippen LogP) is 4.70. The van der Waals surface area contributed by atoms with Crippen molar-refractivity contribution in [3.05, 3.63) is 65.5 Å². The van der Waals surface area contributed by atoms with Crippen LogP contribution in [-0.4, -0.2) is 38.3 Å². The highest BCUT2D eigenvalue weighted by Crippen LogP contribution is 2.19. The van der Waals surface area contributed by atoms with Crippen LogP contribution in [0.1, 0.15) is 62.3 Å². The van der Waals surface area contributed by atoms with Crippen molar-refractivity contribution >= 4 is 22.8 Å². The zero-order valence-corrected chi connectivity index (χ0v) is 19.8. The van der Waals surface area contributed by atoms with Gasteiger partial charge >= 0.3 is 0 Å². The first kappa shape index (κ1) is 23.5. The molecule has 2 atom stereocenters. The van der Waals surface area contributed by atoms with Crippen LogP contribution in [0, 0.1) is 6.92 Å². The predicted molar refractivity (Wildman–Crippen MR) is 128 cm³/mol. The molecule has 0 aliphatic carbocycles. The van der Waals surface area contributed by atoms with Crippen molar-refractivity contribution in [1.29, 1.82) is 0 Å². The number of hydrogen-bond acceptors (Lipinski definition) is 3. The number of rotatable bonds is 9. The van der Waals surface area contributed by atoms with Crippen molar-refractivity contribution in [1.82, 2.24) is 19.8 Å². The van der Waals surface area contributed by atoms with Gasteiger partial charge in [-0.3, -0.25) is 9.59 Å². The highest BCUT2D eigenvalue weighted by Gasteiger charge is 2.25. The molecular weight excluding hydrogens is 400 g/mol. The minimum atomic E-state index is -0.153. The maximum atomic E-state index is 13.4. The van der Waals surface area contributed by atoms with Crippen LogP contribution < -0.4 is 5.32 Å². The Labute approximate surface area is 190 Å². The van der Waals surface area contributed by atoms with E-state index in [4.69, 9.17) is 4.98 Å². The van der Waals surface area contributed by atoms with Crippen LogP contribution in [0.5, 0.6) is 0 Å². The second-order valence-corrected chi connectivity index (χ2v) is 8.47. The van der Waals surface area contributed by atoms with Crippen molar-refractivity contribution in [3.8, 4) is 0 Å². The van der Waals surface area contributed by atoms with Crippen molar-refractivity contribution in [2.45, 2.75) is 72.6 Å². The Morgan fingerprint density at radius 1 is 1.03 bits per heavy atom. The molecule has 6 nitrogen and oxygen atoms in total. The molecule has 6 heteroatoms. The molecule has 3 rings (SSSR count). The van der Waals surface area contributed by atoms with Gasteiger partial charge in [0, 0.05) is 17.6 Å². The molecule has 1 aromatic heterocycles. The zero-order valence-electron chi connectivity index (χ0n) is 19.8. The van der Waals surface area contributed by atoms with Crippen LogP contribution in [-0.2, 0) is 17.9 Å². The molecule has 0 bridgehead atoms. The van der Waals surface area contributed by atoms with Crippen LogP contribution in [0.4, 0.5) is 0 Å². The summed E-state index contributed by atoms with van der Waals surface area (Å²) < 4.78 is 1.94. The van der Waals surface area contributed by atoms with Crippen molar-refractivity contribution in [2.75, 3.05) is 0 Å². The van der Waals surface area contributed by atoms with Crippen molar-refractivity contribution in [2.24, 2.45) is 0 Å². The largest absolute Gasteiger partial charge is 0.345 e. The summed E-state index contributed by atoms with van der Waals surface area (Å²) >= 11 is 0. The minimum absolute atomic E-state index is 0.0723. The Balaban J connectivity index is 1.87. The Bertz CT molecular complexity index is 1080. The topological polar surface area (TPSA) is 67.2 Å². The third kappa shape index (κ3) is 5.18. The molecule has 0 saturated carbocycles.